The average Bonchev–Trinajstić information content (AvgIpc) is 2.47. The fourth-order valence-electron chi connectivity index (χ4n) is 2.42. The lowest BCUT2D eigenvalue weighted by Crippen LogP contribution is -3.00. The second-order valence-electron chi connectivity index (χ2n) is 5.13. The van der Waals surface area contributed by atoms with Gasteiger partial charge < -0.3 is 17.0 Å². The van der Waals surface area contributed by atoms with Crippen LogP contribution in [-0.2, 0) is 6.54 Å². The highest BCUT2D eigenvalue weighted by atomic mass is 79.9. The number of ketones is 1. The zero-order valence-corrected chi connectivity index (χ0v) is 14.4. The first-order chi connectivity index (χ1) is 10.1. The van der Waals surface area contributed by atoms with Crippen molar-refractivity contribution in [3.8, 4) is 0 Å². The second kappa shape index (κ2) is 7.03. The molecule has 0 amide bonds. The van der Waals surface area contributed by atoms with Crippen molar-refractivity contribution in [2.24, 2.45) is 0 Å². The quantitative estimate of drug-likeness (QED) is 0.493. The predicted octanol–water partition coefficient (Wildman–Crippen LogP) is 0.976. The SMILES string of the molecule is Cc1ccc2c(ccc[n+]2CC(=O)c2ccc(Cl)cc2)c1.[Br-]. The zero-order valence-electron chi connectivity index (χ0n) is 12.1. The fraction of sp³-hybridized carbons (Fsp3) is 0.111. The number of fused-ring (bicyclic) bond motifs is 1. The molecule has 22 heavy (non-hydrogen) atoms. The molecule has 1 aromatic heterocycles. The van der Waals surface area contributed by atoms with Crippen LogP contribution in [0, 0.1) is 6.92 Å². The Kier molecular flexibility index (Phi) is 5.33. The van der Waals surface area contributed by atoms with E-state index >= 15 is 0 Å². The summed E-state index contributed by atoms with van der Waals surface area (Å²) in [6.45, 7) is 2.39. The molecular formula is C18H15BrClNO. The highest BCUT2D eigenvalue weighted by molar-refractivity contribution is 6.30. The van der Waals surface area contributed by atoms with Gasteiger partial charge in [-0.3, -0.25) is 4.79 Å². The Bertz CT molecular complexity index is 815. The third-order valence-electron chi connectivity index (χ3n) is 3.51. The Morgan fingerprint density at radius 2 is 1.82 bits per heavy atom. The van der Waals surface area contributed by atoms with Crippen LogP contribution in [0.5, 0.6) is 0 Å². The summed E-state index contributed by atoms with van der Waals surface area (Å²) in [6, 6.07) is 17.3. The van der Waals surface area contributed by atoms with Crippen molar-refractivity contribution in [1.82, 2.24) is 0 Å². The van der Waals surface area contributed by atoms with Crippen LogP contribution in [0.25, 0.3) is 10.9 Å². The van der Waals surface area contributed by atoms with Crippen molar-refractivity contribution >= 4 is 28.3 Å². The Labute approximate surface area is 145 Å². The van der Waals surface area contributed by atoms with Gasteiger partial charge in [0, 0.05) is 28.1 Å². The standard InChI is InChI=1S/C18H15ClNO.BrH/c1-13-4-9-17-15(11-13)3-2-10-20(17)12-18(21)14-5-7-16(19)8-6-14;/h2-11H,12H2,1H3;1H/q+1;/p-1. The number of carbonyl (C=O) groups is 1. The van der Waals surface area contributed by atoms with Gasteiger partial charge in [-0.1, -0.05) is 23.2 Å². The van der Waals surface area contributed by atoms with E-state index in [9.17, 15) is 4.79 Å². The van der Waals surface area contributed by atoms with Crippen molar-refractivity contribution in [3.05, 3.63) is 76.9 Å². The summed E-state index contributed by atoms with van der Waals surface area (Å²) < 4.78 is 1.98. The van der Waals surface area contributed by atoms with Crippen molar-refractivity contribution in [2.45, 2.75) is 13.5 Å². The lowest BCUT2D eigenvalue weighted by atomic mass is 10.1. The first kappa shape index (κ1) is 16.7. The third-order valence-corrected chi connectivity index (χ3v) is 3.77. The normalized spacial score (nSPS) is 10.3. The fourth-order valence-corrected chi connectivity index (χ4v) is 2.55. The summed E-state index contributed by atoms with van der Waals surface area (Å²) >= 11 is 5.85. The van der Waals surface area contributed by atoms with E-state index in [0.29, 0.717) is 17.1 Å². The van der Waals surface area contributed by atoms with Crippen LogP contribution >= 0.6 is 11.6 Å². The Balaban J connectivity index is 0.00000176. The Morgan fingerprint density at radius 1 is 1.09 bits per heavy atom. The molecule has 0 radical (unpaired) electrons. The molecule has 0 aliphatic carbocycles. The van der Waals surface area contributed by atoms with Gasteiger partial charge in [-0.15, -0.1) is 0 Å². The molecule has 0 aliphatic heterocycles. The number of rotatable bonds is 3. The molecule has 1 heterocycles. The molecule has 2 aromatic carbocycles. The van der Waals surface area contributed by atoms with E-state index in [0.717, 1.165) is 10.9 Å². The monoisotopic (exact) mass is 375 g/mol. The molecule has 0 bridgehead atoms. The number of aryl methyl sites for hydroxylation is 1. The lowest BCUT2D eigenvalue weighted by molar-refractivity contribution is -0.657. The maximum Gasteiger partial charge on any atom is 0.227 e. The molecule has 0 N–H and O–H groups in total. The number of Topliss-reactive ketones (excluding diaryl/α,β-unsaturated/α-hetero) is 1. The Morgan fingerprint density at radius 3 is 2.55 bits per heavy atom. The van der Waals surface area contributed by atoms with Gasteiger partial charge in [0.15, 0.2) is 6.20 Å². The molecule has 4 heteroatoms. The van der Waals surface area contributed by atoms with Gasteiger partial charge in [-0.2, -0.15) is 4.57 Å². The van der Waals surface area contributed by atoms with Gasteiger partial charge in [-0.05, 0) is 43.3 Å². The van der Waals surface area contributed by atoms with Gasteiger partial charge in [0.1, 0.15) is 0 Å². The topological polar surface area (TPSA) is 20.9 Å². The minimum Gasteiger partial charge on any atom is -1.00 e. The van der Waals surface area contributed by atoms with E-state index in [1.165, 1.54) is 5.56 Å². The van der Waals surface area contributed by atoms with E-state index in [4.69, 9.17) is 11.6 Å². The number of halogens is 2. The molecule has 3 aromatic rings. The average molecular weight is 377 g/mol. The molecular weight excluding hydrogens is 362 g/mol. The minimum atomic E-state index is 0. The number of pyridine rings is 1. The van der Waals surface area contributed by atoms with Crippen LogP contribution in [0.1, 0.15) is 15.9 Å². The van der Waals surface area contributed by atoms with Crippen molar-refractivity contribution < 1.29 is 26.3 Å². The van der Waals surface area contributed by atoms with E-state index in [1.54, 1.807) is 24.3 Å². The summed E-state index contributed by atoms with van der Waals surface area (Å²) in [6.07, 6.45) is 1.94. The van der Waals surface area contributed by atoms with Crippen molar-refractivity contribution in [3.63, 3.8) is 0 Å². The molecule has 0 aliphatic rings. The summed E-state index contributed by atoms with van der Waals surface area (Å²) in [5.74, 6) is 0.0738. The zero-order chi connectivity index (χ0) is 14.8. The van der Waals surface area contributed by atoms with Gasteiger partial charge >= 0.3 is 0 Å². The van der Waals surface area contributed by atoms with Crippen LogP contribution in [-0.4, -0.2) is 5.78 Å². The molecule has 2 nitrogen and oxygen atoms in total. The van der Waals surface area contributed by atoms with E-state index in [1.807, 2.05) is 16.8 Å². The van der Waals surface area contributed by atoms with Gasteiger partial charge in [0.25, 0.3) is 0 Å². The van der Waals surface area contributed by atoms with E-state index in [-0.39, 0.29) is 22.8 Å². The smallest absolute Gasteiger partial charge is 0.227 e. The van der Waals surface area contributed by atoms with Gasteiger partial charge in [0.2, 0.25) is 17.8 Å². The van der Waals surface area contributed by atoms with E-state index < -0.39 is 0 Å². The largest absolute Gasteiger partial charge is 1.00 e. The molecule has 0 spiro atoms. The molecule has 0 fully saturated rings. The van der Waals surface area contributed by atoms with Gasteiger partial charge in [-0.25, -0.2) is 0 Å². The predicted molar refractivity (Wildman–Crippen MR) is 84.7 cm³/mol. The van der Waals surface area contributed by atoms with Crippen LogP contribution in [0.4, 0.5) is 0 Å². The summed E-state index contributed by atoms with van der Waals surface area (Å²) in [5.41, 5.74) is 2.95. The number of carbonyl (C=O) groups excluding carboxylic acids is 1. The van der Waals surface area contributed by atoms with Gasteiger partial charge in [0.05, 0.1) is 0 Å². The highest BCUT2D eigenvalue weighted by Crippen LogP contribution is 2.13. The van der Waals surface area contributed by atoms with E-state index in [2.05, 4.69) is 31.2 Å². The molecule has 112 valence electrons. The Hall–Kier alpha value is -1.71. The number of hydrogen-bond acceptors (Lipinski definition) is 1. The summed E-state index contributed by atoms with van der Waals surface area (Å²) in [5, 5.41) is 1.78. The first-order valence-electron chi connectivity index (χ1n) is 6.81. The molecule has 0 saturated carbocycles. The van der Waals surface area contributed by atoms with Crippen LogP contribution < -0.4 is 21.5 Å². The van der Waals surface area contributed by atoms with Crippen molar-refractivity contribution in [2.75, 3.05) is 0 Å². The summed E-state index contributed by atoms with van der Waals surface area (Å²) in [4.78, 5) is 12.4. The second-order valence-corrected chi connectivity index (χ2v) is 5.56. The lowest BCUT2D eigenvalue weighted by Gasteiger charge is -2.02. The molecule has 0 saturated heterocycles. The number of nitrogens with zero attached hydrogens (tertiary/aromatic N) is 1. The number of aromatic nitrogens is 1. The van der Waals surface area contributed by atoms with Crippen LogP contribution in [0.2, 0.25) is 5.02 Å². The first-order valence-corrected chi connectivity index (χ1v) is 7.19. The molecule has 0 atom stereocenters. The van der Waals surface area contributed by atoms with Crippen LogP contribution in [0.3, 0.4) is 0 Å². The maximum absolute atomic E-state index is 12.4. The molecule has 3 rings (SSSR count). The number of benzene rings is 2. The molecule has 0 unspecified atom stereocenters. The summed E-state index contributed by atoms with van der Waals surface area (Å²) in [7, 11) is 0. The maximum atomic E-state index is 12.4. The third kappa shape index (κ3) is 3.54. The van der Waals surface area contributed by atoms with Crippen molar-refractivity contribution in [1.29, 1.82) is 0 Å². The number of hydrogen-bond donors (Lipinski definition) is 0. The minimum absolute atomic E-state index is 0. The highest BCUT2D eigenvalue weighted by Gasteiger charge is 2.15. The van der Waals surface area contributed by atoms with Crippen LogP contribution in [0.15, 0.2) is 60.8 Å².